The second-order valence-corrected chi connectivity index (χ2v) is 12.4. The summed E-state index contributed by atoms with van der Waals surface area (Å²) in [6.07, 6.45) is 3.67. The van der Waals surface area contributed by atoms with Crippen LogP contribution in [-0.2, 0) is 0 Å². The number of aromatic nitrogens is 3. The molecule has 0 saturated carbocycles. The van der Waals surface area contributed by atoms with Gasteiger partial charge in [-0.15, -0.1) is 0 Å². The van der Waals surface area contributed by atoms with Crippen LogP contribution in [0.4, 0.5) is 0 Å². The fourth-order valence-electron chi connectivity index (χ4n) is 7.17. The minimum Gasteiger partial charge on any atom is -0.456 e. The highest BCUT2D eigenvalue weighted by molar-refractivity contribution is 6.25. The van der Waals surface area contributed by atoms with Crippen LogP contribution in [0.3, 0.4) is 0 Å². The first-order chi connectivity index (χ1) is 24.3. The molecule has 3 heterocycles. The van der Waals surface area contributed by atoms with E-state index in [0.717, 1.165) is 61.1 Å². The van der Waals surface area contributed by atoms with Crippen molar-refractivity contribution in [3.05, 3.63) is 164 Å². The van der Waals surface area contributed by atoms with Gasteiger partial charge in [-0.25, -0.2) is 9.97 Å². The van der Waals surface area contributed by atoms with Crippen LogP contribution in [-0.4, -0.2) is 15.0 Å². The first-order valence-electron chi connectivity index (χ1n) is 16.4. The molecule has 0 N–H and O–H groups in total. The van der Waals surface area contributed by atoms with E-state index in [1.807, 2.05) is 36.5 Å². The van der Waals surface area contributed by atoms with Crippen molar-refractivity contribution in [1.29, 1.82) is 0 Å². The maximum absolute atomic E-state index is 6.15. The van der Waals surface area contributed by atoms with E-state index in [1.54, 1.807) is 6.20 Å². The second-order valence-electron chi connectivity index (χ2n) is 12.4. The first-order valence-corrected chi connectivity index (χ1v) is 16.4. The smallest absolute Gasteiger partial charge is 0.160 e. The zero-order valence-corrected chi connectivity index (χ0v) is 26.3. The van der Waals surface area contributed by atoms with Crippen LogP contribution in [0.25, 0.3) is 99.3 Å². The third-order valence-electron chi connectivity index (χ3n) is 9.58. The summed E-state index contributed by atoms with van der Waals surface area (Å²) in [5.74, 6) is 0.672. The van der Waals surface area contributed by atoms with Crippen molar-refractivity contribution in [2.45, 2.75) is 0 Å². The van der Waals surface area contributed by atoms with Gasteiger partial charge >= 0.3 is 0 Å². The summed E-state index contributed by atoms with van der Waals surface area (Å²) in [6, 6.07) is 53.1. The van der Waals surface area contributed by atoms with Crippen LogP contribution in [0.15, 0.2) is 168 Å². The van der Waals surface area contributed by atoms with Crippen molar-refractivity contribution in [1.82, 2.24) is 15.0 Å². The Morgan fingerprint density at radius 3 is 1.55 bits per heavy atom. The molecule has 10 aromatic rings. The average Bonchev–Trinajstić information content (AvgIpc) is 3.56. The Hall–Kier alpha value is -6.65. The molecule has 0 aliphatic carbocycles. The Kier molecular flexibility index (Phi) is 6.15. The lowest BCUT2D eigenvalue weighted by Crippen LogP contribution is -1.96. The van der Waals surface area contributed by atoms with Gasteiger partial charge in [-0.2, -0.15) is 0 Å². The molecular weight excluding hydrogens is 599 g/mol. The number of rotatable bonds is 4. The Balaban J connectivity index is 1.18. The third-order valence-corrected chi connectivity index (χ3v) is 9.58. The Bertz CT molecular complexity index is 2840. The van der Waals surface area contributed by atoms with E-state index < -0.39 is 0 Å². The van der Waals surface area contributed by atoms with Gasteiger partial charge in [0.15, 0.2) is 5.82 Å². The van der Waals surface area contributed by atoms with Crippen molar-refractivity contribution >= 4 is 54.3 Å². The maximum atomic E-state index is 6.15. The van der Waals surface area contributed by atoms with Crippen molar-refractivity contribution in [3.8, 4) is 45.0 Å². The molecule has 0 bridgehead atoms. The average molecular weight is 626 g/mol. The molecule has 0 atom stereocenters. The SMILES string of the molecule is c1cncc(-c2ccc(-c3nc(-c4ccc5oc6ccccc6c5c4)cc(-c4ccc5c6ccccc6c6ccccc6c5c4)n3)cc2)c1. The quantitative estimate of drug-likeness (QED) is 0.183. The van der Waals surface area contributed by atoms with Gasteiger partial charge in [0.1, 0.15) is 11.2 Å². The molecule has 0 saturated heterocycles. The molecule has 0 fully saturated rings. The summed E-state index contributed by atoms with van der Waals surface area (Å²) in [4.78, 5) is 14.7. The summed E-state index contributed by atoms with van der Waals surface area (Å²) in [5.41, 5.74) is 8.62. The number of pyridine rings is 1. The minimum absolute atomic E-state index is 0.672. The van der Waals surface area contributed by atoms with Crippen molar-refractivity contribution < 1.29 is 4.42 Å². The third kappa shape index (κ3) is 4.57. The summed E-state index contributed by atoms with van der Waals surface area (Å²) in [6.45, 7) is 0. The van der Waals surface area contributed by atoms with Crippen LogP contribution in [0, 0.1) is 0 Å². The minimum atomic E-state index is 0.672. The number of nitrogens with zero attached hydrogens (tertiary/aromatic N) is 3. The Morgan fingerprint density at radius 1 is 0.347 bits per heavy atom. The summed E-state index contributed by atoms with van der Waals surface area (Å²) >= 11 is 0. The van der Waals surface area contributed by atoms with Crippen molar-refractivity contribution in [2.75, 3.05) is 0 Å². The van der Waals surface area contributed by atoms with Gasteiger partial charge in [-0.1, -0.05) is 109 Å². The van der Waals surface area contributed by atoms with Gasteiger partial charge < -0.3 is 4.42 Å². The van der Waals surface area contributed by atoms with Gasteiger partial charge in [0.25, 0.3) is 0 Å². The number of furan rings is 1. The molecule has 10 rings (SSSR count). The van der Waals surface area contributed by atoms with E-state index >= 15 is 0 Å². The Labute approximate surface area is 282 Å². The highest BCUT2D eigenvalue weighted by Crippen LogP contribution is 2.38. The second kappa shape index (κ2) is 11.0. The summed E-state index contributed by atoms with van der Waals surface area (Å²) in [5, 5.41) is 9.60. The van der Waals surface area contributed by atoms with Crippen LogP contribution in [0.5, 0.6) is 0 Å². The summed E-state index contributed by atoms with van der Waals surface area (Å²) in [7, 11) is 0. The van der Waals surface area contributed by atoms with Gasteiger partial charge in [0.05, 0.1) is 11.4 Å². The first kappa shape index (κ1) is 27.5. The number of hydrogen-bond donors (Lipinski definition) is 0. The van der Waals surface area contributed by atoms with Gasteiger partial charge in [-0.05, 0) is 85.9 Å². The molecule has 4 heteroatoms. The number of benzene rings is 7. The number of fused-ring (bicyclic) bond motifs is 9. The van der Waals surface area contributed by atoms with Crippen LogP contribution in [0.1, 0.15) is 0 Å². The number of para-hydroxylation sites is 1. The maximum Gasteiger partial charge on any atom is 0.160 e. The molecule has 4 nitrogen and oxygen atoms in total. The molecule has 0 spiro atoms. The molecule has 0 aliphatic heterocycles. The molecule has 3 aromatic heterocycles. The van der Waals surface area contributed by atoms with Crippen LogP contribution in [0.2, 0.25) is 0 Å². The standard InChI is InChI=1S/C45H27N3O/c1-2-11-35-33(9-1)34-10-3-4-12-36(34)39-24-30(19-21-37(35)39)41-26-42(31-20-22-44-40(25-31)38-13-5-6-14-43(38)49-44)48-45(47-41)29-17-15-28(16-18-29)32-8-7-23-46-27-32/h1-27H. The predicted octanol–water partition coefficient (Wildman–Crippen LogP) is 11.9. The molecule has 7 aromatic carbocycles. The van der Waals surface area contributed by atoms with Gasteiger partial charge in [0, 0.05) is 39.9 Å². The van der Waals surface area contributed by atoms with E-state index in [0.29, 0.717) is 5.82 Å². The molecular formula is C45H27N3O. The van der Waals surface area contributed by atoms with E-state index in [-0.39, 0.29) is 0 Å². The fraction of sp³-hybridized carbons (Fsp3) is 0. The zero-order chi connectivity index (χ0) is 32.3. The van der Waals surface area contributed by atoms with E-state index in [1.165, 1.54) is 32.3 Å². The van der Waals surface area contributed by atoms with Crippen molar-refractivity contribution in [3.63, 3.8) is 0 Å². The van der Waals surface area contributed by atoms with Gasteiger partial charge in [-0.3, -0.25) is 4.98 Å². The summed E-state index contributed by atoms with van der Waals surface area (Å²) < 4.78 is 6.15. The molecule has 228 valence electrons. The molecule has 0 aliphatic rings. The highest BCUT2D eigenvalue weighted by Gasteiger charge is 2.15. The normalized spacial score (nSPS) is 11.7. The largest absolute Gasteiger partial charge is 0.456 e. The molecule has 49 heavy (non-hydrogen) atoms. The fourth-order valence-corrected chi connectivity index (χ4v) is 7.17. The van der Waals surface area contributed by atoms with E-state index in [2.05, 4.69) is 126 Å². The molecule has 0 radical (unpaired) electrons. The topological polar surface area (TPSA) is 51.8 Å². The lowest BCUT2D eigenvalue weighted by molar-refractivity contribution is 0.669. The predicted molar refractivity (Wildman–Crippen MR) is 201 cm³/mol. The van der Waals surface area contributed by atoms with Crippen molar-refractivity contribution in [2.24, 2.45) is 0 Å². The van der Waals surface area contributed by atoms with Gasteiger partial charge in [0.2, 0.25) is 0 Å². The zero-order valence-electron chi connectivity index (χ0n) is 26.3. The highest BCUT2D eigenvalue weighted by atomic mass is 16.3. The van der Waals surface area contributed by atoms with Crippen LogP contribution >= 0.6 is 0 Å². The van der Waals surface area contributed by atoms with E-state index in [9.17, 15) is 0 Å². The van der Waals surface area contributed by atoms with E-state index in [4.69, 9.17) is 14.4 Å². The monoisotopic (exact) mass is 625 g/mol. The van der Waals surface area contributed by atoms with Crippen LogP contribution < -0.4 is 0 Å². The molecule has 0 amide bonds. The lowest BCUT2D eigenvalue weighted by atomic mass is 9.92. The number of hydrogen-bond acceptors (Lipinski definition) is 4. The molecule has 0 unspecified atom stereocenters. The Morgan fingerprint density at radius 2 is 0.878 bits per heavy atom. The lowest BCUT2D eigenvalue weighted by Gasteiger charge is -2.13.